The van der Waals surface area contributed by atoms with Gasteiger partial charge < -0.3 is 9.15 Å². The first-order valence-corrected chi connectivity index (χ1v) is 7.65. The number of rotatable bonds is 4. The van der Waals surface area contributed by atoms with E-state index in [0.29, 0.717) is 16.7 Å². The third-order valence-electron chi connectivity index (χ3n) is 3.64. The van der Waals surface area contributed by atoms with Crippen molar-refractivity contribution >= 4 is 23.0 Å². The Morgan fingerprint density at radius 2 is 1.92 bits per heavy atom. The average Bonchev–Trinajstić information content (AvgIpc) is 2.58. The van der Waals surface area contributed by atoms with Crippen molar-refractivity contribution in [2.24, 2.45) is 0 Å². The summed E-state index contributed by atoms with van der Waals surface area (Å²) < 4.78 is 23.2. The molecule has 25 heavy (non-hydrogen) atoms. The van der Waals surface area contributed by atoms with Crippen LogP contribution in [0.4, 0.5) is 4.39 Å². The average molecular weight is 338 g/mol. The van der Waals surface area contributed by atoms with Crippen molar-refractivity contribution in [3.8, 4) is 0 Å². The summed E-state index contributed by atoms with van der Waals surface area (Å²) >= 11 is 0. The summed E-state index contributed by atoms with van der Waals surface area (Å²) in [5, 5.41) is 0.723. The van der Waals surface area contributed by atoms with Crippen LogP contribution in [0, 0.1) is 12.7 Å². The summed E-state index contributed by atoms with van der Waals surface area (Å²) in [6.07, 6.45) is 2.79. The second-order valence-corrected chi connectivity index (χ2v) is 5.58. The topological polar surface area (TPSA) is 56.5 Å². The van der Waals surface area contributed by atoms with E-state index in [4.69, 9.17) is 9.15 Å². The van der Waals surface area contributed by atoms with E-state index >= 15 is 0 Å². The summed E-state index contributed by atoms with van der Waals surface area (Å²) in [5.74, 6) is -0.900. The van der Waals surface area contributed by atoms with Gasteiger partial charge in [-0.1, -0.05) is 24.3 Å². The maximum atomic E-state index is 12.8. The van der Waals surface area contributed by atoms with Gasteiger partial charge in [-0.25, -0.2) is 14.0 Å². The minimum absolute atomic E-state index is 0.0439. The highest BCUT2D eigenvalue weighted by atomic mass is 19.1. The second-order valence-electron chi connectivity index (χ2n) is 5.58. The number of ether oxygens (including phenoxy) is 1. The Balaban J connectivity index is 1.73. The lowest BCUT2D eigenvalue weighted by molar-refractivity contribution is -0.138. The fourth-order valence-corrected chi connectivity index (χ4v) is 2.39. The summed E-state index contributed by atoms with van der Waals surface area (Å²) in [5.41, 5.74) is 2.19. The predicted octanol–water partition coefficient (Wildman–Crippen LogP) is 4.00. The van der Waals surface area contributed by atoms with E-state index in [1.807, 2.05) is 19.1 Å². The van der Waals surface area contributed by atoms with Crippen LogP contribution in [0.15, 0.2) is 63.8 Å². The Kier molecular flexibility index (Phi) is 4.75. The van der Waals surface area contributed by atoms with Crippen molar-refractivity contribution in [3.05, 3.63) is 87.5 Å². The molecule has 0 fully saturated rings. The van der Waals surface area contributed by atoms with Crippen LogP contribution in [0.5, 0.6) is 0 Å². The van der Waals surface area contributed by atoms with E-state index in [9.17, 15) is 14.0 Å². The number of hydrogen-bond acceptors (Lipinski definition) is 4. The second kappa shape index (κ2) is 7.13. The lowest BCUT2D eigenvalue weighted by atomic mass is 10.1. The summed E-state index contributed by atoms with van der Waals surface area (Å²) in [6.45, 7) is 1.85. The third-order valence-corrected chi connectivity index (χ3v) is 3.64. The molecule has 1 aromatic heterocycles. The Hall–Kier alpha value is -3.21. The van der Waals surface area contributed by atoms with Crippen molar-refractivity contribution in [3.63, 3.8) is 0 Å². The van der Waals surface area contributed by atoms with E-state index < -0.39 is 11.6 Å². The molecule has 5 heteroatoms. The first kappa shape index (κ1) is 16.6. The minimum atomic E-state index is -0.558. The van der Waals surface area contributed by atoms with Crippen molar-refractivity contribution in [2.45, 2.75) is 13.5 Å². The highest BCUT2D eigenvalue weighted by Crippen LogP contribution is 2.19. The molecule has 1 heterocycles. The molecule has 4 nitrogen and oxygen atoms in total. The number of carbonyl (C=O) groups excluding carboxylic acids is 1. The van der Waals surface area contributed by atoms with Crippen LogP contribution in [-0.2, 0) is 16.1 Å². The van der Waals surface area contributed by atoms with Crippen molar-refractivity contribution in [1.29, 1.82) is 0 Å². The molecule has 0 aliphatic heterocycles. The van der Waals surface area contributed by atoms with Crippen LogP contribution in [0.2, 0.25) is 0 Å². The zero-order valence-corrected chi connectivity index (χ0v) is 13.5. The molecule has 0 amide bonds. The lowest BCUT2D eigenvalue weighted by Crippen LogP contribution is -2.05. The van der Waals surface area contributed by atoms with Crippen LogP contribution < -0.4 is 5.63 Å². The molecule has 3 aromatic rings. The summed E-state index contributed by atoms with van der Waals surface area (Å²) in [7, 11) is 0. The molecule has 126 valence electrons. The van der Waals surface area contributed by atoms with Gasteiger partial charge in [-0.05, 0) is 42.3 Å². The molecule has 0 bridgehead atoms. The first-order valence-electron chi connectivity index (χ1n) is 7.65. The number of aryl methyl sites for hydroxylation is 1. The predicted molar refractivity (Wildman–Crippen MR) is 92.5 cm³/mol. The summed E-state index contributed by atoms with van der Waals surface area (Å²) in [4.78, 5) is 23.5. The maximum Gasteiger partial charge on any atom is 0.336 e. The van der Waals surface area contributed by atoms with Crippen molar-refractivity contribution < 1.29 is 18.3 Å². The molecule has 0 radical (unpaired) electrons. The molecule has 2 aromatic carbocycles. The van der Waals surface area contributed by atoms with Gasteiger partial charge in [-0.2, -0.15) is 0 Å². The van der Waals surface area contributed by atoms with Gasteiger partial charge >= 0.3 is 11.6 Å². The molecule has 3 rings (SSSR count). The van der Waals surface area contributed by atoms with Gasteiger partial charge in [0.2, 0.25) is 0 Å². The van der Waals surface area contributed by atoms with Gasteiger partial charge in [0.1, 0.15) is 18.0 Å². The van der Waals surface area contributed by atoms with Crippen LogP contribution in [0.1, 0.15) is 16.7 Å². The number of benzene rings is 2. The van der Waals surface area contributed by atoms with Crippen molar-refractivity contribution in [1.82, 2.24) is 0 Å². The van der Waals surface area contributed by atoms with E-state index in [-0.39, 0.29) is 12.4 Å². The Bertz CT molecular complexity index is 1000. The molecule has 0 atom stereocenters. The van der Waals surface area contributed by atoms with Crippen LogP contribution in [-0.4, -0.2) is 5.97 Å². The summed E-state index contributed by atoms with van der Waals surface area (Å²) in [6, 6.07) is 12.5. The van der Waals surface area contributed by atoms with Crippen LogP contribution in [0.25, 0.3) is 17.0 Å². The van der Waals surface area contributed by atoms with Gasteiger partial charge in [0, 0.05) is 23.1 Å². The quantitative estimate of drug-likeness (QED) is 0.410. The van der Waals surface area contributed by atoms with Gasteiger partial charge in [0.05, 0.1) is 0 Å². The fourth-order valence-electron chi connectivity index (χ4n) is 2.39. The largest absolute Gasteiger partial charge is 0.458 e. The molecule has 0 unspecified atom stereocenters. The molecule has 0 saturated heterocycles. The zero-order valence-electron chi connectivity index (χ0n) is 13.5. The highest BCUT2D eigenvalue weighted by Gasteiger charge is 2.08. The molecular weight excluding hydrogens is 323 g/mol. The smallest absolute Gasteiger partial charge is 0.336 e. The van der Waals surface area contributed by atoms with Gasteiger partial charge in [0.15, 0.2) is 0 Å². The number of fused-ring (bicyclic) bond motifs is 1. The van der Waals surface area contributed by atoms with Gasteiger partial charge in [-0.3, -0.25) is 0 Å². The normalized spacial score (nSPS) is 11.1. The monoisotopic (exact) mass is 338 g/mol. The zero-order chi connectivity index (χ0) is 17.8. The Labute approximate surface area is 143 Å². The van der Waals surface area contributed by atoms with Crippen molar-refractivity contribution in [2.75, 3.05) is 0 Å². The SMILES string of the molecule is Cc1ccc2c(COC(=O)/C=C/c3ccc(F)cc3)cc(=O)oc2c1. The fraction of sp³-hybridized carbons (Fsp3) is 0.100. The van der Waals surface area contributed by atoms with E-state index in [1.165, 1.54) is 30.4 Å². The first-order chi connectivity index (χ1) is 12.0. The molecule has 0 N–H and O–H groups in total. The van der Waals surface area contributed by atoms with E-state index in [0.717, 1.165) is 10.9 Å². The molecule has 0 aliphatic rings. The van der Waals surface area contributed by atoms with E-state index in [2.05, 4.69) is 0 Å². The molecule has 0 spiro atoms. The lowest BCUT2D eigenvalue weighted by Gasteiger charge is -2.06. The minimum Gasteiger partial charge on any atom is -0.458 e. The highest BCUT2D eigenvalue weighted by molar-refractivity contribution is 5.87. The van der Waals surface area contributed by atoms with Gasteiger partial charge in [0.25, 0.3) is 0 Å². The molecular formula is C20H15FO4. The Morgan fingerprint density at radius 3 is 2.68 bits per heavy atom. The number of carbonyl (C=O) groups is 1. The number of hydrogen-bond donors (Lipinski definition) is 0. The van der Waals surface area contributed by atoms with Crippen LogP contribution in [0.3, 0.4) is 0 Å². The molecule has 0 saturated carbocycles. The van der Waals surface area contributed by atoms with Crippen LogP contribution >= 0.6 is 0 Å². The van der Waals surface area contributed by atoms with Gasteiger partial charge in [-0.15, -0.1) is 0 Å². The Morgan fingerprint density at radius 1 is 1.16 bits per heavy atom. The third kappa shape index (κ3) is 4.20. The van der Waals surface area contributed by atoms with E-state index in [1.54, 1.807) is 18.2 Å². The standard InChI is InChI=1S/C20H15FO4/c1-13-2-8-17-15(11-20(23)25-18(17)10-13)12-24-19(22)9-5-14-3-6-16(21)7-4-14/h2-11H,12H2,1H3/b9-5+. The molecule has 0 aliphatic carbocycles. The number of halogens is 1. The number of esters is 1. The maximum absolute atomic E-state index is 12.8.